The Labute approximate surface area is 151 Å². The van der Waals surface area contributed by atoms with E-state index in [-0.39, 0.29) is 30.9 Å². The minimum Gasteiger partial charge on any atom is -0.748 e. The summed E-state index contributed by atoms with van der Waals surface area (Å²) >= 11 is 0. The SMILES string of the molecule is C=CC(=O)NC(C)CCCCCCCC(=O)OCCCCS(=O)(=O)[O-]. The fourth-order valence-electron chi connectivity index (χ4n) is 2.26. The zero-order valence-corrected chi connectivity index (χ0v) is 15.8. The lowest BCUT2D eigenvalue weighted by Gasteiger charge is -2.11. The molecule has 0 bridgehead atoms. The Balaban J connectivity index is 3.43. The Morgan fingerprint density at radius 3 is 2.40 bits per heavy atom. The molecule has 0 spiro atoms. The maximum absolute atomic E-state index is 11.5. The first-order valence-electron chi connectivity index (χ1n) is 8.76. The molecular weight excluding hydrogens is 346 g/mol. The Bertz CT molecular complexity index is 503. The van der Waals surface area contributed by atoms with Gasteiger partial charge in [-0.2, -0.15) is 0 Å². The van der Waals surface area contributed by atoms with Gasteiger partial charge in [-0.25, -0.2) is 8.42 Å². The van der Waals surface area contributed by atoms with Gasteiger partial charge in [-0.3, -0.25) is 9.59 Å². The lowest BCUT2D eigenvalue weighted by molar-refractivity contribution is -0.143. The van der Waals surface area contributed by atoms with Crippen molar-refractivity contribution >= 4 is 22.0 Å². The van der Waals surface area contributed by atoms with Crippen LogP contribution in [0.15, 0.2) is 12.7 Å². The van der Waals surface area contributed by atoms with Gasteiger partial charge in [0.15, 0.2) is 0 Å². The molecule has 0 saturated carbocycles. The number of nitrogens with one attached hydrogen (secondary N) is 1. The predicted molar refractivity (Wildman–Crippen MR) is 94.9 cm³/mol. The average Bonchev–Trinajstić information content (AvgIpc) is 2.52. The van der Waals surface area contributed by atoms with Crippen LogP contribution in [0.5, 0.6) is 0 Å². The van der Waals surface area contributed by atoms with Crippen LogP contribution in [0.3, 0.4) is 0 Å². The number of ether oxygens (including phenoxy) is 1. The van der Waals surface area contributed by atoms with Crippen molar-refractivity contribution in [1.82, 2.24) is 5.32 Å². The zero-order valence-electron chi connectivity index (χ0n) is 15.0. The first-order valence-corrected chi connectivity index (χ1v) is 10.3. The van der Waals surface area contributed by atoms with Gasteiger partial charge < -0.3 is 14.6 Å². The molecule has 0 aliphatic rings. The smallest absolute Gasteiger partial charge is 0.305 e. The van der Waals surface area contributed by atoms with Gasteiger partial charge in [0.25, 0.3) is 0 Å². The molecule has 1 unspecified atom stereocenters. The molecule has 25 heavy (non-hydrogen) atoms. The molecule has 0 saturated heterocycles. The number of carbonyl (C=O) groups is 2. The summed E-state index contributed by atoms with van der Waals surface area (Å²) in [5.41, 5.74) is 0. The van der Waals surface area contributed by atoms with Crippen LogP contribution in [-0.2, 0) is 24.4 Å². The van der Waals surface area contributed by atoms with Gasteiger partial charge in [0.1, 0.15) is 0 Å². The lowest BCUT2D eigenvalue weighted by atomic mass is 10.1. The molecule has 146 valence electrons. The van der Waals surface area contributed by atoms with Crippen molar-refractivity contribution in [2.75, 3.05) is 12.4 Å². The molecule has 7 nitrogen and oxygen atoms in total. The molecule has 1 N–H and O–H groups in total. The van der Waals surface area contributed by atoms with Crippen molar-refractivity contribution < 1.29 is 27.3 Å². The molecular formula is C17H30NO6S-. The van der Waals surface area contributed by atoms with Gasteiger partial charge in [-0.1, -0.05) is 32.3 Å². The number of carbonyl (C=O) groups excluding carboxylic acids is 2. The van der Waals surface area contributed by atoms with E-state index < -0.39 is 15.9 Å². The van der Waals surface area contributed by atoms with E-state index in [9.17, 15) is 22.6 Å². The van der Waals surface area contributed by atoms with Crippen molar-refractivity contribution in [3.8, 4) is 0 Å². The van der Waals surface area contributed by atoms with E-state index in [4.69, 9.17) is 4.74 Å². The zero-order chi connectivity index (χ0) is 19.1. The van der Waals surface area contributed by atoms with E-state index in [1.807, 2.05) is 6.92 Å². The normalized spacial score (nSPS) is 12.4. The molecule has 0 fully saturated rings. The monoisotopic (exact) mass is 376 g/mol. The van der Waals surface area contributed by atoms with E-state index in [1.54, 1.807) is 0 Å². The molecule has 1 amide bonds. The van der Waals surface area contributed by atoms with E-state index in [1.165, 1.54) is 6.08 Å². The molecule has 0 rings (SSSR count). The highest BCUT2D eigenvalue weighted by atomic mass is 32.2. The van der Waals surface area contributed by atoms with Crippen LogP contribution in [0.2, 0.25) is 0 Å². The molecule has 0 heterocycles. The molecule has 0 aromatic heterocycles. The van der Waals surface area contributed by atoms with Crippen LogP contribution < -0.4 is 5.32 Å². The first-order chi connectivity index (χ1) is 11.7. The summed E-state index contributed by atoms with van der Waals surface area (Å²) in [6, 6.07) is 0.136. The largest absolute Gasteiger partial charge is 0.748 e. The van der Waals surface area contributed by atoms with Gasteiger partial charge in [-0.15, -0.1) is 0 Å². The third-order valence-electron chi connectivity index (χ3n) is 3.64. The first kappa shape index (κ1) is 23.6. The second-order valence-electron chi connectivity index (χ2n) is 6.11. The Morgan fingerprint density at radius 1 is 1.12 bits per heavy atom. The summed E-state index contributed by atoms with van der Waals surface area (Å²) in [6.07, 6.45) is 7.93. The quantitative estimate of drug-likeness (QED) is 0.203. The third kappa shape index (κ3) is 17.2. The topological polar surface area (TPSA) is 113 Å². The van der Waals surface area contributed by atoms with Crippen molar-refractivity contribution in [1.29, 1.82) is 0 Å². The molecule has 0 aliphatic carbocycles. The maximum Gasteiger partial charge on any atom is 0.305 e. The maximum atomic E-state index is 11.5. The fourth-order valence-corrected chi connectivity index (χ4v) is 2.82. The number of rotatable bonds is 15. The summed E-state index contributed by atoms with van der Waals surface area (Å²) in [4.78, 5) is 22.6. The standard InChI is InChI=1S/C17H31NO6S/c1-3-16(19)18-15(2)11-7-5-4-6-8-12-17(20)24-13-9-10-14-25(21,22)23/h3,15H,1,4-14H2,2H3,(H,18,19)(H,21,22,23)/p-1. The Kier molecular flexibility index (Phi) is 13.1. The van der Waals surface area contributed by atoms with Crippen LogP contribution in [0.4, 0.5) is 0 Å². The van der Waals surface area contributed by atoms with Gasteiger partial charge >= 0.3 is 5.97 Å². The number of hydrogen-bond acceptors (Lipinski definition) is 6. The van der Waals surface area contributed by atoms with Gasteiger partial charge in [0, 0.05) is 18.2 Å². The van der Waals surface area contributed by atoms with E-state index in [2.05, 4.69) is 11.9 Å². The van der Waals surface area contributed by atoms with Gasteiger partial charge in [0.2, 0.25) is 5.91 Å². The molecule has 0 aliphatic heterocycles. The van der Waals surface area contributed by atoms with Gasteiger partial charge in [-0.05, 0) is 38.7 Å². The second kappa shape index (κ2) is 13.8. The highest BCUT2D eigenvalue weighted by molar-refractivity contribution is 7.85. The predicted octanol–water partition coefficient (Wildman–Crippen LogP) is 2.28. The highest BCUT2D eigenvalue weighted by Gasteiger charge is 2.05. The number of unbranched alkanes of at least 4 members (excludes halogenated alkanes) is 5. The minimum absolute atomic E-state index is 0.136. The van der Waals surface area contributed by atoms with Crippen molar-refractivity contribution in [3.63, 3.8) is 0 Å². The summed E-state index contributed by atoms with van der Waals surface area (Å²) in [7, 11) is -4.18. The number of esters is 1. The van der Waals surface area contributed by atoms with Crippen LogP contribution in [-0.4, -0.2) is 43.2 Å². The summed E-state index contributed by atoms with van der Waals surface area (Å²) in [5.74, 6) is -0.855. The lowest BCUT2D eigenvalue weighted by Crippen LogP contribution is -2.30. The summed E-state index contributed by atoms with van der Waals surface area (Å²) < 4.78 is 36.1. The van der Waals surface area contributed by atoms with Crippen LogP contribution >= 0.6 is 0 Å². The molecule has 8 heteroatoms. The Hall–Kier alpha value is -1.41. The van der Waals surface area contributed by atoms with Crippen molar-refractivity contribution in [2.24, 2.45) is 0 Å². The highest BCUT2D eigenvalue weighted by Crippen LogP contribution is 2.09. The minimum atomic E-state index is -4.18. The number of hydrogen-bond donors (Lipinski definition) is 1. The van der Waals surface area contributed by atoms with Gasteiger partial charge in [0.05, 0.1) is 16.7 Å². The molecule has 0 aromatic carbocycles. The van der Waals surface area contributed by atoms with E-state index in [0.29, 0.717) is 12.8 Å². The molecule has 1 atom stereocenters. The van der Waals surface area contributed by atoms with E-state index >= 15 is 0 Å². The number of amides is 1. The van der Waals surface area contributed by atoms with Crippen LogP contribution in [0.25, 0.3) is 0 Å². The van der Waals surface area contributed by atoms with Crippen molar-refractivity contribution in [2.45, 2.75) is 70.8 Å². The average molecular weight is 376 g/mol. The van der Waals surface area contributed by atoms with Crippen LogP contribution in [0, 0.1) is 0 Å². The fraction of sp³-hybridized carbons (Fsp3) is 0.765. The summed E-state index contributed by atoms with van der Waals surface area (Å²) in [5, 5.41) is 2.81. The van der Waals surface area contributed by atoms with E-state index in [0.717, 1.165) is 38.5 Å². The molecule has 0 aromatic rings. The second-order valence-corrected chi connectivity index (χ2v) is 7.63. The van der Waals surface area contributed by atoms with Crippen molar-refractivity contribution in [3.05, 3.63) is 12.7 Å². The molecule has 0 radical (unpaired) electrons. The third-order valence-corrected chi connectivity index (χ3v) is 4.43. The summed E-state index contributed by atoms with van der Waals surface area (Å²) in [6.45, 7) is 5.53. The van der Waals surface area contributed by atoms with Crippen LogP contribution in [0.1, 0.15) is 64.7 Å². The Morgan fingerprint density at radius 2 is 1.76 bits per heavy atom.